The normalized spacial score (nSPS) is 15.8. The van der Waals surface area contributed by atoms with Gasteiger partial charge in [-0.2, -0.15) is 0 Å². The van der Waals surface area contributed by atoms with Gasteiger partial charge in [-0.25, -0.2) is 4.98 Å². The van der Waals surface area contributed by atoms with Gasteiger partial charge >= 0.3 is 0 Å². The second-order valence-corrected chi connectivity index (χ2v) is 9.83. The lowest BCUT2D eigenvalue weighted by atomic mass is 10.0. The maximum Gasteiger partial charge on any atom is 0.244 e. The average Bonchev–Trinajstić information content (AvgIpc) is 3.36. The minimum Gasteiger partial charge on any atom is -0.457 e. The summed E-state index contributed by atoms with van der Waals surface area (Å²) >= 11 is 1.60. The van der Waals surface area contributed by atoms with Gasteiger partial charge in [-0.3, -0.25) is 4.79 Å². The van der Waals surface area contributed by atoms with Crippen molar-refractivity contribution in [1.29, 1.82) is 0 Å². The quantitative estimate of drug-likeness (QED) is 0.259. The van der Waals surface area contributed by atoms with E-state index in [1.165, 1.54) is 19.3 Å². The number of carbonyl (C=O) groups is 1. The highest BCUT2D eigenvalue weighted by atomic mass is 32.1. The van der Waals surface area contributed by atoms with E-state index in [0.717, 1.165) is 51.2 Å². The maximum atomic E-state index is 12.4. The molecule has 2 aromatic heterocycles. The van der Waals surface area contributed by atoms with Crippen LogP contribution >= 0.6 is 11.3 Å². The molecule has 0 spiro atoms. The summed E-state index contributed by atoms with van der Waals surface area (Å²) in [5.74, 6) is 1.95. The largest absolute Gasteiger partial charge is 0.457 e. The first kappa shape index (κ1) is 24.0. The van der Waals surface area contributed by atoms with E-state index >= 15 is 0 Å². The number of aromatic nitrogens is 1. The van der Waals surface area contributed by atoms with Crippen LogP contribution in [0.2, 0.25) is 0 Å². The van der Waals surface area contributed by atoms with Crippen molar-refractivity contribution in [2.75, 3.05) is 18.8 Å². The van der Waals surface area contributed by atoms with Crippen molar-refractivity contribution in [2.24, 2.45) is 0 Å². The summed E-state index contributed by atoms with van der Waals surface area (Å²) in [6.45, 7) is 1.75. The molecule has 1 atom stereocenters. The zero-order chi connectivity index (χ0) is 24.7. The maximum absolute atomic E-state index is 12.4. The van der Waals surface area contributed by atoms with E-state index < -0.39 is 0 Å². The fraction of sp³-hybridized carbons (Fsp3) is 0.241. The Kier molecular flexibility index (Phi) is 7.59. The lowest BCUT2D eigenvalue weighted by Gasteiger charge is -2.23. The van der Waals surface area contributed by atoms with Crippen molar-refractivity contribution < 1.29 is 9.53 Å². The number of hydrogen-bond donors (Lipinski definition) is 3. The van der Waals surface area contributed by atoms with Crippen LogP contribution in [0.15, 0.2) is 72.3 Å². The molecule has 2 aromatic carbocycles. The number of thiophene rings is 1. The molecule has 7 heteroatoms. The molecule has 4 N–H and O–H groups in total. The van der Waals surface area contributed by atoms with Crippen molar-refractivity contribution in [2.45, 2.75) is 31.7 Å². The number of ether oxygens (including phenoxy) is 1. The molecule has 0 radical (unpaired) electrons. The van der Waals surface area contributed by atoms with Gasteiger partial charge in [-0.05, 0) is 67.1 Å². The SMILES string of the molecule is Nc1ncc(C=CC(=O)NCCC2CCCCN2)c2scc(-c3ccc(Oc4ccccc4)cc3)c12. The van der Waals surface area contributed by atoms with E-state index in [9.17, 15) is 4.79 Å². The molecule has 0 aliphatic carbocycles. The van der Waals surface area contributed by atoms with Crippen LogP contribution in [-0.4, -0.2) is 30.0 Å². The smallest absolute Gasteiger partial charge is 0.244 e. The van der Waals surface area contributed by atoms with Gasteiger partial charge in [0.05, 0.1) is 0 Å². The Balaban J connectivity index is 1.28. The van der Waals surface area contributed by atoms with Crippen LogP contribution < -0.4 is 21.1 Å². The van der Waals surface area contributed by atoms with Gasteiger partial charge < -0.3 is 21.1 Å². The van der Waals surface area contributed by atoms with Crippen LogP contribution in [0.4, 0.5) is 5.82 Å². The van der Waals surface area contributed by atoms with Gasteiger partial charge in [0.2, 0.25) is 5.91 Å². The predicted molar refractivity (Wildman–Crippen MR) is 148 cm³/mol. The molecular formula is C29H30N4O2S. The van der Waals surface area contributed by atoms with E-state index in [4.69, 9.17) is 10.5 Å². The van der Waals surface area contributed by atoms with E-state index in [-0.39, 0.29) is 5.91 Å². The average molecular weight is 499 g/mol. The first-order valence-corrected chi connectivity index (χ1v) is 13.2. The fourth-order valence-corrected chi connectivity index (χ4v) is 5.59. The number of nitrogens with one attached hydrogen (secondary N) is 2. The number of pyridine rings is 1. The van der Waals surface area contributed by atoms with Gasteiger partial charge in [-0.1, -0.05) is 36.8 Å². The van der Waals surface area contributed by atoms with Crippen molar-refractivity contribution in [3.63, 3.8) is 0 Å². The summed E-state index contributed by atoms with van der Waals surface area (Å²) in [5.41, 5.74) is 9.22. The van der Waals surface area contributed by atoms with Crippen LogP contribution in [-0.2, 0) is 4.79 Å². The number of para-hydroxylation sites is 1. The summed E-state index contributed by atoms with van der Waals surface area (Å²) in [7, 11) is 0. The number of rotatable bonds is 8. The van der Waals surface area contributed by atoms with Gasteiger partial charge in [0, 0.05) is 46.1 Å². The molecule has 184 valence electrons. The number of nitrogens with two attached hydrogens (primary N) is 1. The Morgan fingerprint density at radius 2 is 1.94 bits per heavy atom. The van der Waals surface area contributed by atoms with Crippen LogP contribution in [0.3, 0.4) is 0 Å². The number of anilines is 1. The Morgan fingerprint density at radius 1 is 1.14 bits per heavy atom. The predicted octanol–water partition coefficient (Wildman–Crippen LogP) is 6.00. The highest BCUT2D eigenvalue weighted by molar-refractivity contribution is 7.18. The summed E-state index contributed by atoms with van der Waals surface area (Å²) in [6.07, 6.45) is 9.77. The Labute approximate surface area is 215 Å². The molecule has 1 unspecified atom stereocenters. The van der Waals surface area contributed by atoms with Crippen LogP contribution in [0.25, 0.3) is 27.3 Å². The van der Waals surface area contributed by atoms with Gasteiger partial charge in [0.1, 0.15) is 17.3 Å². The molecule has 1 saturated heterocycles. The molecule has 1 aliphatic rings. The van der Waals surface area contributed by atoms with Crippen molar-refractivity contribution in [3.05, 3.63) is 77.8 Å². The highest BCUT2D eigenvalue weighted by Crippen LogP contribution is 2.39. The minimum absolute atomic E-state index is 0.0958. The molecule has 3 heterocycles. The van der Waals surface area contributed by atoms with Crippen molar-refractivity contribution in [3.8, 4) is 22.6 Å². The molecular weight excluding hydrogens is 468 g/mol. The molecule has 4 aromatic rings. The number of piperidine rings is 1. The lowest BCUT2D eigenvalue weighted by Crippen LogP contribution is -2.37. The van der Waals surface area contributed by atoms with Gasteiger partial charge in [0.25, 0.3) is 0 Å². The third kappa shape index (κ3) is 5.75. The first-order valence-electron chi connectivity index (χ1n) is 12.4. The standard InChI is InChI=1S/C29H30N4O2S/c30-29-27-25(20-9-12-24(13-10-20)35-23-7-2-1-3-8-23)19-36-28(27)21(18-33-29)11-14-26(34)32-17-15-22-6-4-5-16-31-22/h1-3,7-14,18-19,22,31H,4-6,15-17H2,(H2,30,33)(H,32,34). The number of hydrogen-bond acceptors (Lipinski definition) is 6. The number of nitrogen functional groups attached to an aromatic ring is 1. The summed E-state index contributed by atoms with van der Waals surface area (Å²) in [5, 5.41) is 9.50. The summed E-state index contributed by atoms with van der Waals surface area (Å²) < 4.78 is 6.92. The number of carbonyl (C=O) groups excluding carboxylic acids is 1. The highest BCUT2D eigenvalue weighted by Gasteiger charge is 2.14. The Hall–Kier alpha value is -3.68. The van der Waals surface area contributed by atoms with E-state index in [0.29, 0.717) is 18.4 Å². The molecule has 1 fully saturated rings. The van der Waals surface area contributed by atoms with Crippen molar-refractivity contribution in [1.82, 2.24) is 15.6 Å². The second kappa shape index (κ2) is 11.4. The van der Waals surface area contributed by atoms with E-state index in [1.54, 1.807) is 23.6 Å². The van der Waals surface area contributed by atoms with Gasteiger partial charge in [-0.15, -0.1) is 11.3 Å². The molecule has 0 saturated carbocycles. The third-order valence-electron chi connectivity index (χ3n) is 6.41. The van der Waals surface area contributed by atoms with Crippen LogP contribution in [0.5, 0.6) is 11.5 Å². The third-order valence-corrected chi connectivity index (χ3v) is 7.44. The number of fused-ring (bicyclic) bond motifs is 1. The van der Waals surface area contributed by atoms with Crippen LogP contribution in [0.1, 0.15) is 31.2 Å². The number of benzene rings is 2. The zero-order valence-corrected chi connectivity index (χ0v) is 20.9. The van der Waals surface area contributed by atoms with Gasteiger partial charge in [0.15, 0.2) is 0 Å². The Morgan fingerprint density at radius 3 is 2.72 bits per heavy atom. The monoisotopic (exact) mass is 498 g/mol. The molecule has 5 rings (SSSR count). The fourth-order valence-electron chi connectivity index (χ4n) is 4.51. The molecule has 6 nitrogen and oxygen atoms in total. The molecule has 1 amide bonds. The number of nitrogens with zero attached hydrogens (tertiary/aromatic N) is 1. The molecule has 0 bridgehead atoms. The molecule has 36 heavy (non-hydrogen) atoms. The Bertz CT molecular complexity index is 1340. The lowest BCUT2D eigenvalue weighted by molar-refractivity contribution is -0.116. The zero-order valence-electron chi connectivity index (χ0n) is 20.1. The minimum atomic E-state index is -0.0958. The summed E-state index contributed by atoms with van der Waals surface area (Å²) in [6, 6.07) is 18.2. The van der Waals surface area contributed by atoms with Crippen molar-refractivity contribution >= 4 is 39.2 Å². The molecule has 1 aliphatic heterocycles. The van der Waals surface area contributed by atoms with E-state index in [2.05, 4.69) is 21.0 Å². The van der Waals surface area contributed by atoms with Crippen LogP contribution in [0, 0.1) is 0 Å². The summed E-state index contributed by atoms with van der Waals surface area (Å²) in [4.78, 5) is 16.8. The first-order chi connectivity index (χ1) is 17.7. The topological polar surface area (TPSA) is 89.3 Å². The van der Waals surface area contributed by atoms with E-state index in [1.807, 2.05) is 60.7 Å². The number of amides is 1. The second-order valence-electron chi connectivity index (χ2n) is 8.95.